The van der Waals surface area contributed by atoms with Crippen LogP contribution < -0.4 is 10.9 Å². The molecule has 1 aromatic carbocycles. The van der Waals surface area contributed by atoms with Gasteiger partial charge in [0, 0.05) is 43.6 Å². The van der Waals surface area contributed by atoms with E-state index in [0.29, 0.717) is 73.6 Å². The first-order chi connectivity index (χ1) is 18.5. The maximum Gasteiger partial charge on any atom is 0.407 e. The van der Waals surface area contributed by atoms with Gasteiger partial charge in [0.2, 0.25) is 0 Å². The van der Waals surface area contributed by atoms with Crippen molar-refractivity contribution in [2.24, 2.45) is 0 Å². The van der Waals surface area contributed by atoms with Crippen LogP contribution in [0.5, 0.6) is 0 Å². The minimum absolute atomic E-state index is 0.0285. The number of hydrogen-bond donors (Lipinski definition) is 3. The predicted molar refractivity (Wildman–Crippen MR) is 148 cm³/mol. The molecule has 208 valence electrons. The van der Waals surface area contributed by atoms with Gasteiger partial charge in [0.25, 0.3) is 11.5 Å². The molecule has 39 heavy (non-hydrogen) atoms. The fourth-order valence-corrected chi connectivity index (χ4v) is 5.83. The number of hydrogen-bond acceptors (Lipinski definition) is 6. The summed E-state index contributed by atoms with van der Waals surface area (Å²) >= 11 is 0. The zero-order valence-corrected chi connectivity index (χ0v) is 22.9. The molecule has 0 unspecified atom stereocenters. The molecule has 0 spiro atoms. The number of nitrogens with one attached hydrogen (secondary N) is 2. The van der Waals surface area contributed by atoms with Gasteiger partial charge in [-0.15, -0.1) is 0 Å². The topological polar surface area (TPSA) is 133 Å². The SMILES string of the molecule is CCC1(n2nc(Nc3ccc(C(=O)N4CCOC(C)(C)C4)c(C)c3)c3c(=O)[nH]ccc32)CCN(C(=O)O)CC1. The Morgan fingerprint density at radius 1 is 1.15 bits per heavy atom. The van der Waals surface area contributed by atoms with Crippen LogP contribution in [0.15, 0.2) is 35.3 Å². The van der Waals surface area contributed by atoms with Gasteiger partial charge in [0.05, 0.1) is 23.3 Å². The molecule has 3 aromatic rings. The van der Waals surface area contributed by atoms with Crippen LogP contribution in [0.25, 0.3) is 10.9 Å². The van der Waals surface area contributed by atoms with Crippen molar-refractivity contribution < 1.29 is 19.4 Å². The minimum atomic E-state index is -0.918. The van der Waals surface area contributed by atoms with Crippen molar-refractivity contribution >= 4 is 34.4 Å². The van der Waals surface area contributed by atoms with Crippen LogP contribution in [0.2, 0.25) is 0 Å². The molecule has 3 N–H and O–H groups in total. The van der Waals surface area contributed by atoms with Crippen molar-refractivity contribution in [2.75, 3.05) is 38.1 Å². The molecule has 2 saturated heterocycles. The molecule has 0 bridgehead atoms. The van der Waals surface area contributed by atoms with Crippen molar-refractivity contribution in [2.45, 2.75) is 58.1 Å². The molecule has 2 amide bonds. The molecule has 4 heterocycles. The van der Waals surface area contributed by atoms with Gasteiger partial charge in [-0.1, -0.05) is 6.92 Å². The average molecular weight is 537 g/mol. The van der Waals surface area contributed by atoms with E-state index in [-0.39, 0.29) is 17.1 Å². The van der Waals surface area contributed by atoms with Crippen molar-refractivity contribution in [1.82, 2.24) is 24.6 Å². The van der Waals surface area contributed by atoms with Crippen molar-refractivity contribution in [3.8, 4) is 0 Å². The smallest absolute Gasteiger partial charge is 0.407 e. The second-order valence-electron chi connectivity index (χ2n) is 11.2. The Bertz CT molecular complexity index is 1470. The molecular formula is C28H36N6O5. The van der Waals surface area contributed by atoms with E-state index in [2.05, 4.69) is 17.2 Å². The van der Waals surface area contributed by atoms with Crippen LogP contribution in [-0.4, -0.2) is 80.1 Å². The highest BCUT2D eigenvalue weighted by Crippen LogP contribution is 2.37. The summed E-state index contributed by atoms with van der Waals surface area (Å²) in [5, 5.41) is 18.1. The van der Waals surface area contributed by atoms with E-state index in [0.717, 1.165) is 12.0 Å². The standard InChI is InChI=1S/C28H36N6O5/c1-5-28(9-12-32(13-10-28)26(37)38)34-21-8-11-29-24(35)22(21)23(31-34)30-19-6-7-20(18(2)16-19)25(36)33-14-15-39-27(3,4)17-33/h6-8,11,16H,5,9-10,12-15,17H2,1-4H3,(H,29,35)(H,30,31)(H,37,38). The fourth-order valence-electron chi connectivity index (χ4n) is 5.83. The zero-order chi connectivity index (χ0) is 27.9. The normalized spacial score (nSPS) is 18.8. The highest BCUT2D eigenvalue weighted by atomic mass is 16.5. The van der Waals surface area contributed by atoms with E-state index >= 15 is 0 Å². The molecular weight excluding hydrogens is 500 g/mol. The molecule has 2 fully saturated rings. The number of aromatic amines is 1. The maximum absolute atomic E-state index is 13.3. The highest BCUT2D eigenvalue weighted by molar-refractivity contribution is 5.97. The lowest BCUT2D eigenvalue weighted by atomic mass is 9.85. The third-order valence-electron chi connectivity index (χ3n) is 8.11. The molecule has 0 atom stereocenters. The number of aromatic nitrogens is 3. The molecule has 0 radical (unpaired) electrons. The summed E-state index contributed by atoms with van der Waals surface area (Å²) in [6.45, 7) is 10.3. The summed E-state index contributed by atoms with van der Waals surface area (Å²) in [5.41, 5.74) is 1.82. The fraction of sp³-hybridized carbons (Fsp3) is 0.500. The van der Waals surface area contributed by atoms with E-state index < -0.39 is 11.6 Å². The Hall–Kier alpha value is -3.86. The number of piperidine rings is 1. The Kier molecular flexibility index (Phi) is 6.88. The molecule has 2 aromatic heterocycles. The number of H-pyrrole nitrogens is 1. The van der Waals surface area contributed by atoms with E-state index in [1.807, 2.05) is 48.6 Å². The van der Waals surface area contributed by atoms with E-state index in [1.54, 1.807) is 12.3 Å². The van der Waals surface area contributed by atoms with Gasteiger partial charge in [-0.3, -0.25) is 14.3 Å². The second kappa shape index (κ2) is 10.0. The molecule has 0 aliphatic carbocycles. The Morgan fingerprint density at radius 2 is 1.90 bits per heavy atom. The monoisotopic (exact) mass is 536 g/mol. The zero-order valence-electron chi connectivity index (χ0n) is 22.9. The number of morpholine rings is 1. The van der Waals surface area contributed by atoms with E-state index in [4.69, 9.17) is 9.84 Å². The quantitative estimate of drug-likeness (QED) is 0.450. The third kappa shape index (κ3) is 4.98. The van der Waals surface area contributed by atoms with Crippen molar-refractivity contribution in [3.05, 3.63) is 51.9 Å². The van der Waals surface area contributed by atoms with Gasteiger partial charge in [0.15, 0.2) is 5.82 Å². The van der Waals surface area contributed by atoms with Gasteiger partial charge < -0.3 is 29.9 Å². The van der Waals surface area contributed by atoms with Crippen LogP contribution in [0.1, 0.15) is 56.0 Å². The number of carboxylic acid groups (broad SMARTS) is 1. The summed E-state index contributed by atoms with van der Waals surface area (Å²) in [6, 6.07) is 7.37. The molecule has 0 saturated carbocycles. The van der Waals surface area contributed by atoms with Crippen LogP contribution in [0.4, 0.5) is 16.3 Å². The number of likely N-dealkylation sites (tertiary alicyclic amines) is 1. The van der Waals surface area contributed by atoms with Crippen LogP contribution in [0.3, 0.4) is 0 Å². The number of ether oxygens (including phenoxy) is 1. The first-order valence-electron chi connectivity index (χ1n) is 13.4. The number of fused-ring (bicyclic) bond motifs is 1. The number of carbonyl (C=O) groups is 2. The van der Waals surface area contributed by atoms with Gasteiger partial charge in [-0.2, -0.15) is 5.10 Å². The Balaban J connectivity index is 1.45. The number of carbonyl (C=O) groups excluding carboxylic acids is 1. The minimum Gasteiger partial charge on any atom is -0.465 e. The summed E-state index contributed by atoms with van der Waals surface area (Å²) < 4.78 is 7.66. The van der Waals surface area contributed by atoms with Crippen LogP contribution in [-0.2, 0) is 10.3 Å². The number of rotatable bonds is 5. The van der Waals surface area contributed by atoms with E-state index in [1.165, 1.54) is 4.90 Å². The summed E-state index contributed by atoms with van der Waals surface area (Å²) in [4.78, 5) is 43.7. The van der Waals surface area contributed by atoms with E-state index in [9.17, 15) is 19.5 Å². The van der Waals surface area contributed by atoms with Gasteiger partial charge in [-0.05, 0) is 69.9 Å². The number of pyridine rings is 1. The number of anilines is 2. The Morgan fingerprint density at radius 3 is 2.54 bits per heavy atom. The second-order valence-corrected chi connectivity index (χ2v) is 11.2. The van der Waals surface area contributed by atoms with Crippen LogP contribution >= 0.6 is 0 Å². The molecule has 2 aliphatic heterocycles. The summed E-state index contributed by atoms with van der Waals surface area (Å²) in [6.07, 6.45) is 2.65. The lowest BCUT2D eigenvalue weighted by molar-refractivity contribution is -0.0764. The molecule has 5 rings (SSSR count). The molecule has 2 aliphatic rings. The van der Waals surface area contributed by atoms with Gasteiger partial charge in [-0.25, -0.2) is 4.79 Å². The maximum atomic E-state index is 13.3. The summed E-state index contributed by atoms with van der Waals surface area (Å²) in [5.74, 6) is 0.396. The predicted octanol–water partition coefficient (Wildman–Crippen LogP) is 3.91. The number of benzene rings is 1. The lowest BCUT2D eigenvalue weighted by Gasteiger charge is -2.41. The highest BCUT2D eigenvalue weighted by Gasteiger charge is 2.39. The average Bonchev–Trinajstić information content (AvgIpc) is 3.28. The first kappa shape index (κ1) is 26.7. The van der Waals surface area contributed by atoms with Crippen LogP contribution in [0, 0.1) is 6.92 Å². The van der Waals surface area contributed by atoms with Crippen molar-refractivity contribution in [1.29, 1.82) is 0 Å². The van der Waals surface area contributed by atoms with Crippen molar-refractivity contribution in [3.63, 3.8) is 0 Å². The first-order valence-corrected chi connectivity index (χ1v) is 13.4. The largest absolute Gasteiger partial charge is 0.465 e. The third-order valence-corrected chi connectivity index (χ3v) is 8.11. The number of aryl methyl sites for hydroxylation is 1. The van der Waals surface area contributed by atoms with Gasteiger partial charge in [0.1, 0.15) is 5.39 Å². The molecule has 11 nitrogen and oxygen atoms in total. The van der Waals surface area contributed by atoms with Gasteiger partial charge >= 0.3 is 6.09 Å². The Labute approximate surface area is 226 Å². The lowest BCUT2D eigenvalue weighted by Crippen LogP contribution is -2.50. The number of amides is 2. The summed E-state index contributed by atoms with van der Waals surface area (Å²) in [7, 11) is 0. The number of nitrogens with zero attached hydrogens (tertiary/aromatic N) is 4. The molecule has 11 heteroatoms.